The summed E-state index contributed by atoms with van der Waals surface area (Å²) in [6.07, 6.45) is 6.75. The lowest BCUT2D eigenvalue weighted by atomic mass is 10.0. The highest BCUT2D eigenvalue weighted by molar-refractivity contribution is 6.24. The van der Waals surface area contributed by atoms with Gasteiger partial charge in [0, 0.05) is 74.9 Å². The fourth-order valence-electron chi connectivity index (χ4n) is 7.56. The molecule has 8 rings (SSSR count). The average Bonchev–Trinajstić information content (AvgIpc) is 3.83. The molecular formula is C42H42N10O7. The molecule has 6 amide bonds. The predicted octanol–water partition coefficient (Wildman–Crippen LogP) is 2.24. The molecule has 1 atom stereocenters. The van der Waals surface area contributed by atoms with Gasteiger partial charge in [0.15, 0.2) is 6.61 Å². The number of para-hydroxylation sites is 1. The van der Waals surface area contributed by atoms with Gasteiger partial charge in [-0.25, -0.2) is 14.6 Å². The summed E-state index contributed by atoms with van der Waals surface area (Å²) >= 11 is 0. The number of rotatable bonds is 14. The van der Waals surface area contributed by atoms with Crippen molar-refractivity contribution in [3.05, 3.63) is 108 Å². The van der Waals surface area contributed by atoms with Gasteiger partial charge >= 0.3 is 0 Å². The molecule has 0 radical (unpaired) electrons. The Bertz CT molecular complexity index is 2430. The molecule has 2 saturated heterocycles. The number of piperazine rings is 1. The first-order valence-electron chi connectivity index (χ1n) is 19.6. The van der Waals surface area contributed by atoms with Crippen molar-refractivity contribution in [3.63, 3.8) is 0 Å². The molecule has 3 aliphatic rings. The highest BCUT2D eigenvalue weighted by Crippen LogP contribution is 2.33. The molecular weight excluding hydrogens is 757 g/mol. The molecule has 0 spiro atoms. The summed E-state index contributed by atoms with van der Waals surface area (Å²) in [5, 5.41) is 13.3. The Kier molecular flexibility index (Phi) is 11.3. The van der Waals surface area contributed by atoms with E-state index in [0.717, 1.165) is 60.1 Å². The van der Waals surface area contributed by atoms with E-state index in [0.29, 0.717) is 37.0 Å². The van der Waals surface area contributed by atoms with Gasteiger partial charge in [-0.05, 0) is 61.7 Å². The second-order valence-electron chi connectivity index (χ2n) is 14.5. The zero-order valence-corrected chi connectivity index (χ0v) is 32.1. The fraction of sp³-hybridized carbons (Fsp3) is 0.310. The third kappa shape index (κ3) is 8.50. The van der Waals surface area contributed by atoms with E-state index in [4.69, 9.17) is 4.74 Å². The Balaban J connectivity index is 0.756. The molecule has 0 bridgehead atoms. The molecule has 5 aromatic rings. The van der Waals surface area contributed by atoms with Crippen LogP contribution < -0.4 is 25.6 Å². The van der Waals surface area contributed by atoms with Crippen LogP contribution in [0.1, 0.15) is 62.3 Å². The number of anilines is 1. The molecule has 3 N–H and O–H groups in total. The summed E-state index contributed by atoms with van der Waals surface area (Å²) < 4.78 is 7.53. The molecule has 5 heterocycles. The second-order valence-corrected chi connectivity index (χ2v) is 14.5. The van der Waals surface area contributed by atoms with Gasteiger partial charge in [-0.2, -0.15) is 5.10 Å². The maximum atomic E-state index is 13.2. The lowest BCUT2D eigenvalue weighted by Gasteiger charge is -2.35. The van der Waals surface area contributed by atoms with E-state index in [1.807, 2.05) is 47.3 Å². The molecule has 17 nitrogen and oxygen atoms in total. The zero-order chi connectivity index (χ0) is 40.9. The maximum Gasteiger partial charge on any atom is 0.266 e. The monoisotopic (exact) mass is 798 g/mol. The highest BCUT2D eigenvalue weighted by atomic mass is 16.5. The molecule has 2 aromatic heterocycles. The van der Waals surface area contributed by atoms with Gasteiger partial charge < -0.3 is 20.3 Å². The summed E-state index contributed by atoms with van der Waals surface area (Å²) in [5.74, 6) is -2.32. The fourth-order valence-corrected chi connectivity index (χ4v) is 7.56. The van der Waals surface area contributed by atoms with Crippen LogP contribution in [0.3, 0.4) is 0 Å². The Morgan fingerprint density at radius 3 is 2.46 bits per heavy atom. The van der Waals surface area contributed by atoms with Gasteiger partial charge in [0.25, 0.3) is 23.6 Å². The van der Waals surface area contributed by atoms with E-state index >= 15 is 0 Å². The molecule has 0 aliphatic carbocycles. The van der Waals surface area contributed by atoms with E-state index in [9.17, 15) is 28.8 Å². The number of unbranched alkanes of at least 4 members (excludes halogenated alkanes) is 1. The first kappa shape index (κ1) is 38.8. The standard InChI is InChI=1S/C42H42N10O7/c53-35-14-13-33(40(56)48-35)52-41(57)31-9-6-10-34(37(31)42(52)58)59-25-36(54)43-15-4-5-16-44-39(55)28-11-12-30-32(21-28)45-26-46-38(30)50-19-17-49(18-20-50)23-27-22-47-51(24-27)29-7-2-1-3-8-29/h1-3,6-12,21-22,24,26,33H,4-5,13-20,23,25H2,(H,43,54)(H,44,55)(H,48,53,56). The number of aromatic nitrogens is 4. The number of imide groups is 2. The molecule has 17 heteroatoms. The van der Waals surface area contributed by atoms with E-state index < -0.39 is 42.2 Å². The number of fused-ring (bicyclic) bond motifs is 2. The van der Waals surface area contributed by atoms with Gasteiger partial charge in [0.1, 0.15) is 23.9 Å². The number of amides is 6. The van der Waals surface area contributed by atoms with Crippen LogP contribution in [0.5, 0.6) is 5.75 Å². The van der Waals surface area contributed by atoms with Crippen LogP contribution in [0, 0.1) is 0 Å². The van der Waals surface area contributed by atoms with Gasteiger partial charge in [0.05, 0.1) is 28.5 Å². The Morgan fingerprint density at radius 1 is 0.864 bits per heavy atom. The summed E-state index contributed by atoms with van der Waals surface area (Å²) in [4.78, 5) is 90.4. The lowest BCUT2D eigenvalue weighted by Crippen LogP contribution is -2.54. The minimum Gasteiger partial charge on any atom is -0.483 e. The van der Waals surface area contributed by atoms with Gasteiger partial charge in [-0.15, -0.1) is 0 Å². The number of carbonyl (C=O) groups excluding carboxylic acids is 6. The van der Waals surface area contributed by atoms with Crippen LogP contribution in [0.4, 0.5) is 5.82 Å². The Hall–Kier alpha value is -7.01. The number of hydrogen-bond acceptors (Lipinski definition) is 12. The van der Waals surface area contributed by atoms with Crippen LogP contribution in [0.25, 0.3) is 16.6 Å². The second kappa shape index (κ2) is 17.2. The van der Waals surface area contributed by atoms with Gasteiger partial charge in [-0.3, -0.25) is 43.9 Å². The van der Waals surface area contributed by atoms with Crippen molar-refractivity contribution in [1.82, 2.24) is 45.5 Å². The quantitative estimate of drug-likeness (QED) is 0.110. The van der Waals surface area contributed by atoms with E-state index in [1.165, 1.54) is 24.5 Å². The summed E-state index contributed by atoms with van der Waals surface area (Å²) in [7, 11) is 0. The highest BCUT2D eigenvalue weighted by Gasteiger charge is 2.46. The van der Waals surface area contributed by atoms with Crippen LogP contribution in [-0.2, 0) is 20.9 Å². The van der Waals surface area contributed by atoms with Crippen molar-refractivity contribution in [2.75, 3.05) is 50.8 Å². The number of piperidine rings is 1. The number of ether oxygens (including phenoxy) is 1. The SMILES string of the molecule is O=C(COc1cccc2c1C(=O)N(C1CCC(=O)NC1=O)C2=O)NCCCCNC(=O)c1ccc2c(N3CCN(Cc4cnn(-c5ccccc5)c4)CC3)ncnc2c1. The largest absolute Gasteiger partial charge is 0.483 e. The normalized spacial score (nSPS) is 16.9. The molecule has 302 valence electrons. The number of nitrogens with one attached hydrogen (secondary N) is 3. The first-order valence-corrected chi connectivity index (χ1v) is 19.6. The van der Waals surface area contributed by atoms with Crippen molar-refractivity contribution in [1.29, 1.82) is 0 Å². The number of carbonyl (C=O) groups is 6. The van der Waals surface area contributed by atoms with Crippen molar-refractivity contribution in [2.24, 2.45) is 0 Å². The lowest BCUT2D eigenvalue weighted by molar-refractivity contribution is -0.136. The number of benzene rings is 3. The van der Waals surface area contributed by atoms with E-state index in [1.54, 1.807) is 12.1 Å². The minimum atomic E-state index is -1.11. The molecule has 59 heavy (non-hydrogen) atoms. The van der Waals surface area contributed by atoms with Crippen LogP contribution in [0.2, 0.25) is 0 Å². The summed E-state index contributed by atoms with van der Waals surface area (Å²) in [5.41, 5.74) is 3.40. The summed E-state index contributed by atoms with van der Waals surface area (Å²) in [6, 6.07) is 18.8. The molecule has 3 aliphatic heterocycles. The maximum absolute atomic E-state index is 13.2. The van der Waals surface area contributed by atoms with Crippen molar-refractivity contribution >= 4 is 52.2 Å². The van der Waals surface area contributed by atoms with Crippen LogP contribution in [-0.4, -0.2) is 117 Å². The van der Waals surface area contributed by atoms with Gasteiger partial charge in [0.2, 0.25) is 11.8 Å². The topological polar surface area (TPSA) is 201 Å². The number of hydrogen-bond donors (Lipinski definition) is 3. The van der Waals surface area contributed by atoms with Crippen molar-refractivity contribution in [3.8, 4) is 11.4 Å². The van der Waals surface area contributed by atoms with Crippen LogP contribution >= 0.6 is 0 Å². The molecule has 0 saturated carbocycles. The van der Waals surface area contributed by atoms with Crippen molar-refractivity contribution < 1.29 is 33.5 Å². The third-order valence-electron chi connectivity index (χ3n) is 10.6. The summed E-state index contributed by atoms with van der Waals surface area (Å²) in [6.45, 7) is 4.48. The van der Waals surface area contributed by atoms with Crippen molar-refractivity contribution in [2.45, 2.75) is 38.3 Å². The molecule has 2 fully saturated rings. The van der Waals surface area contributed by atoms with Gasteiger partial charge in [-0.1, -0.05) is 24.3 Å². The Labute approximate surface area is 338 Å². The van der Waals surface area contributed by atoms with E-state index in [-0.39, 0.29) is 35.6 Å². The smallest absolute Gasteiger partial charge is 0.266 e. The van der Waals surface area contributed by atoms with E-state index in [2.05, 4.69) is 47.0 Å². The average molecular weight is 799 g/mol. The molecule has 3 aromatic carbocycles. The minimum absolute atomic E-state index is 0.00674. The predicted molar refractivity (Wildman–Crippen MR) is 214 cm³/mol. The van der Waals surface area contributed by atoms with Crippen LogP contribution in [0.15, 0.2) is 85.5 Å². The molecule has 1 unspecified atom stereocenters. The number of nitrogens with zero attached hydrogens (tertiary/aromatic N) is 7. The third-order valence-corrected chi connectivity index (χ3v) is 10.6. The Morgan fingerprint density at radius 2 is 1.66 bits per heavy atom. The first-order chi connectivity index (χ1) is 28.7. The zero-order valence-electron chi connectivity index (χ0n) is 32.1.